The topological polar surface area (TPSA) is 52.3 Å². The number of halogens is 1. The molecule has 24 heavy (non-hydrogen) atoms. The van der Waals surface area contributed by atoms with Crippen molar-refractivity contribution in [3.63, 3.8) is 0 Å². The van der Waals surface area contributed by atoms with Crippen LogP contribution in [0.4, 0.5) is 4.39 Å². The predicted molar refractivity (Wildman–Crippen MR) is 89.9 cm³/mol. The fourth-order valence-corrected chi connectivity index (χ4v) is 3.17. The third-order valence-electron chi connectivity index (χ3n) is 3.52. The maximum Gasteiger partial charge on any atom is 0.212 e. The molecule has 0 bridgehead atoms. The Morgan fingerprint density at radius 1 is 1.04 bits per heavy atom. The van der Waals surface area contributed by atoms with E-state index in [-0.39, 0.29) is 12.4 Å². The first kappa shape index (κ1) is 14.9. The Morgan fingerprint density at radius 3 is 2.62 bits per heavy atom. The molecule has 7 heteroatoms. The molecular weight excluding hydrogens is 327 g/mol. The normalized spacial score (nSPS) is 13.3. The molecule has 0 amide bonds. The van der Waals surface area contributed by atoms with E-state index < -0.39 is 0 Å². The van der Waals surface area contributed by atoms with Crippen LogP contribution in [0.15, 0.2) is 64.9 Å². The zero-order valence-corrected chi connectivity index (χ0v) is 13.4. The van der Waals surface area contributed by atoms with Crippen LogP contribution < -0.4 is 4.74 Å². The van der Waals surface area contributed by atoms with Gasteiger partial charge in [-0.3, -0.25) is 0 Å². The minimum Gasteiger partial charge on any atom is -0.486 e. The molecule has 5 nitrogen and oxygen atoms in total. The molecule has 0 N–H and O–H groups in total. The first-order valence-electron chi connectivity index (χ1n) is 7.38. The van der Waals surface area contributed by atoms with Gasteiger partial charge in [0.15, 0.2) is 5.82 Å². The minimum absolute atomic E-state index is 0.213. The summed E-state index contributed by atoms with van der Waals surface area (Å²) in [6.45, 7) is 0.213. The van der Waals surface area contributed by atoms with Gasteiger partial charge in [-0.1, -0.05) is 42.1 Å². The summed E-state index contributed by atoms with van der Waals surface area (Å²) in [7, 11) is 0. The maximum atomic E-state index is 12.9. The lowest BCUT2D eigenvalue weighted by atomic mass is 10.1. The van der Waals surface area contributed by atoms with E-state index in [9.17, 15) is 4.39 Å². The molecule has 0 spiro atoms. The average molecular weight is 340 g/mol. The lowest BCUT2D eigenvalue weighted by Gasteiger charge is -2.14. The Kier molecular flexibility index (Phi) is 4.00. The fourth-order valence-electron chi connectivity index (χ4n) is 2.31. The molecule has 1 aliphatic heterocycles. The van der Waals surface area contributed by atoms with Gasteiger partial charge in [-0.2, -0.15) is 9.78 Å². The number of fused-ring (bicyclic) bond motifs is 1. The zero-order valence-electron chi connectivity index (χ0n) is 12.6. The molecule has 3 aromatic rings. The Morgan fingerprint density at radius 2 is 1.83 bits per heavy atom. The highest BCUT2D eigenvalue weighted by atomic mass is 32.2. The van der Waals surface area contributed by atoms with Crippen LogP contribution in [0.25, 0.3) is 0 Å². The summed E-state index contributed by atoms with van der Waals surface area (Å²) >= 11 is 1.59. The molecule has 0 radical (unpaired) electrons. The molecule has 0 saturated carbocycles. The molecule has 2 aromatic carbocycles. The quantitative estimate of drug-likeness (QED) is 0.731. The van der Waals surface area contributed by atoms with Crippen molar-refractivity contribution in [1.29, 1.82) is 0 Å². The third-order valence-corrected chi connectivity index (χ3v) is 4.45. The highest BCUT2D eigenvalue weighted by molar-refractivity contribution is 7.99. The standard InChI is InChI=1S/C17H13FN4OS/c18-13-6-8-14(9-7-13)23-10-16-19-20-17-22(16)21-15(11-24-17)12-4-2-1-3-5-12/h1-9H,10-11H2. The van der Waals surface area contributed by atoms with Crippen LogP contribution in [0.3, 0.4) is 0 Å². The number of hydrogen-bond donors (Lipinski definition) is 0. The first-order valence-corrected chi connectivity index (χ1v) is 8.37. The molecule has 120 valence electrons. The molecule has 0 atom stereocenters. The summed E-state index contributed by atoms with van der Waals surface area (Å²) in [5.74, 6) is 1.64. The van der Waals surface area contributed by atoms with Gasteiger partial charge in [-0.05, 0) is 29.8 Å². The number of ether oxygens (including phenoxy) is 1. The van der Waals surface area contributed by atoms with Gasteiger partial charge in [0.25, 0.3) is 0 Å². The first-order chi connectivity index (χ1) is 11.8. The van der Waals surface area contributed by atoms with Gasteiger partial charge < -0.3 is 4.74 Å². The van der Waals surface area contributed by atoms with E-state index >= 15 is 0 Å². The predicted octanol–water partition coefficient (Wildman–Crippen LogP) is 3.35. The van der Waals surface area contributed by atoms with E-state index in [1.165, 1.54) is 12.1 Å². The maximum absolute atomic E-state index is 12.9. The van der Waals surface area contributed by atoms with Gasteiger partial charge in [0.05, 0.1) is 5.71 Å². The van der Waals surface area contributed by atoms with E-state index in [1.807, 2.05) is 30.3 Å². The summed E-state index contributed by atoms with van der Waals surface area (Å²) < 4.78 is 20.3. The number of hydrogen-bond acceptors (Lipinski definition) is 5. The van der Waals surface area contributed by atoms with Crippen LogP contribution >= 0.6 is 11.8 Å². The van der Waals surface area contributed by atoms with Crippen molar-refractivity contribution in [2.24, 2.45) is 5.10 Å². The van der Waals surface area contributed by atoms with Crippen molar-refractivity contribution in [1.82, 2.24) is 14.9 Å². The van der Waals surface area contributed by atoms with Gasteiger partial charge >= 0.3 is 0 Å². The van der Waals surface area contributed by atoms with Crippen molar-refractivity contribution in [2.75, 3.05) is 5.75 Å². The molecule has 0 unspecified atom stereocenters. The number of rotatable bonds is 4. The van der Waals surface area contributed by atoms with Crippen molar-refractivity contribution in [2.45, 2.75) is 11.8 Å². The Labute approximate surface area is 142 Å². The lowest BCUT2D eigenvalue weighted by Crippen LogP contribution is -2.15. The monoisotopic (exact) mass is 340 g/mol. The lowest BCUT2D eigenvalue weighted by molar-refractivity contribution is 0.289. The van der Waals surface area contributed by atoms with E-state index in [2.05, 4.69) is 15.3 Å². The van der Waals surface area contributed by atoms with Gasteiger partial charge in [0, 0.05) is 5.75 Å². The van der Waals surface area contributed by atoms with Crippen LogP contribution in [0.2, 0.25) is 0 Å². The number of benzene rings is 2. The van der Waals surface area contributed by atoms with Crippen LogP contribution in [-0.4, -0.2) is 26.3 Å². The van der Waals surface area contributed by atoms with Crippen LogP contribution in [-0.2, 0) is 6.61 Å². The van der Waals surface area contributed by atoms with Crippen LogP contribution in [0.5, 0.6) is 5.75 Å². The molecule has 0 saturated heterocycles. The van der Waals surface area contributed by atoms with Gasteiger partial charge in [-0.25, -0.2) is 4.39 Å². The van der Waals surface area contributed by atoms with Gasteiger partial charge in [-0.15, -0.1) is 10.2 Å². The van der Waals surface area contributed by atoms with Crippen molar-refractivity contribution >= 4 is 17.5 Å². The Hall–Kier alpha value is -2.67. The van der Waals surface area contributed by atoms with Crippen molar-refractivity contribution in [3.8, 4) is 5.75 Å². The number of nitrogens with zero attached hydrogens (tertiary/aromatic N) is 4. The fraction of sp³-hybridized carbons (Fsp3) is 0.118. The summed E-state index contributed by atoms with van der Waals surface area (Å²) in [4.78, 5) is 0. The molecule has 0 fully saturated rings. The van der Waals surface area contributed by atoms with E-state index in [1.54, 1.807) is 28.6 Å². The number of aromatic nitrogens is 3. The van der Waals surface area contributed by atoms with Gasteiger partial charge in [0.2, 0.25) is 5.16 Å². The molecule has 2 heterocycles. The average Bonchev–Trinajstić information content (AvgIpc) is 3.04. The van der Waals surface area contributed by atoms with Crippen molar-refractivity contribution in [3.05, 3.63) is 71.8 Å². The van der Waals surface area contributed by atoms with E-state index in [0.717, 1.165) is 22.2 Å². The van der Waals surface area contributed by atoms with E-state index in [4.69, 9.17) is 4.74 Å². The largest absolute Gasteiger partial charge is 0.486 e. The smallest absolute Gasteiger partial charge is 0.212 e. The minimum atomic E-state index is -0.296. The number of thioether (sulfide) groups is 1. The van der Waals surface area contributed by atoms with Crippen LogP contribution in [0.1, 0.15) is 11.4 Å². The molecule has 4 rings (SSSR count). The molecule has 1 aromatic heterocycles. The summed E-state index contributed by atoms with van der Waals surface area (Å²) in [6.07, 6.45) is 0. The summed E-state index contributed by atoms with van der Waals surface area (Å²) in [5, 5.41) is 13.7. The molecule has 0 aliphatic carbocycles. The second kappa shape index (κ2) is 6.45. The SMILES string of the molecule is Fc1ccc(OCc2nnc3n2N=C(c2ccccc2)CS3)cc1. The third kappa shape index (κ3) is 3.03. The molecular formula is C17H13FN4OS. The zero-order chi connectivity index (χ0) is 16.4. The summed E-state index contributed by atoms with van der Waals surface area (Å²) in [6, 6.07) is 15.9. The Bertz CT molecular complexity index is 877. The summed E-state index contributed by atoms with van der Waals surface area (Å²) in [5.41, 5.74) is 2.05. The highest BCUT2D eigenvalue weighted by Gasteiger charge is 2.19. The molecule has 1 aliphatic rings. The van der Waals surface area contributed by atoms with Crippen molar-refractivity contribution < 1.29 is 9.13 Å². The second-order valence-electron chi connectivity index (χ2n) is 5.15. The Balaban J connectivity index is 1.56. The van der Waals surface area contributed by atoms with Gasteiger partial charge in [0.1, 0.15) is 18.2 Å². The van der Waals surface area contributed by atoms with Crippen LogP contribution in [0, 0.1) is 5.82 Å². The van der Waals surface area contributed by atoms with E-state index in [0.29, 0.717) is 11.6 Å². The highest BCUT2D eigenvalue weighted by Crippen LogP contribution is 2.24. The second-order valence-corrected chi connectivity index (χ2v) is 6.10.